The molecule has 0 aliphatic rings. The van der Waals surface area contributed by atoms with Gasteiger partial charge in [-0.05, 0) is 18.4 Å². The van der Waals surface area contributed by atoms with Crippen LogP contribution < -0.4 is 16.4 Å². The van der Waals surface area contributed by atoms with E-state index in [1.807, 2.05) is 30.3 Å². The molecule has 19 heavy (non-hydrogen) atoms. The summed E-state index contributed by atoms with van der Waals surface area (Å²) in [5.41, 5.74) is 6.04. The third kappa shape index (κ3) is 4.71. The molecule has 0 aliphatic carbocycles. The van der Waals surface area contributed by atoms with Gasteiger partial charge in [0.2, 0.25) is 5.91 Å². The average Bonchev–Trinajstić information content (AvgIpc) is 2.35. The number of nitrogens with one attached hydrogen (secondary N) is 2. The van der Waals surface area contributed by atoms with Gasteiger partial charge in [-0.15, -0.1) is 0 Å². The fourth-order valence-electron chi connectivity index (χ4n) is 1.91. The van der Waals surface area contributed by atoms with Gasteiger partial charge in [-0.3, -0.25) is 15.4 Å². The van der Waals surface area contributed by atoms with Crippen molar-refractivity contribution in [1.29, 1.82) is 0 Å². The Labute approximate surface area is 113 Å². The molecule has 104 valence electrons. The van der Waals surface area contributed by atoms with E-state index in [-0.39, 0.29) is 6.04 Å². The number of primary amides is 1. The molecule has 2 atom stereocenters. The lowest BCUT2D eigenvalue weighted by Crippen LogP contribution is -2.48. The molecule has 1 aromatic carbocycles. The molecule has 0 saturated heterocycles. The van der Waals surface area contributed by atoms with Crippen LogP contribution in [-0.2, 0) is 4.79 Å². The molecule has 1 aromatic rings. The molecule has 4 N–H and O–H groups in total. The molecule has 3 amide bonds. The summed E-state index contributed by atoms with van der Waals surface area (Å²) in [7, 11) is 0. The topological polar surface area (TPSA) is 84.2 Å². The van der Waals surface area contributed by atoms with Gasteiger partial charge >= 0.3 is 6.03 Å². The van der Waals surface area contributed by atoms with Crippen LogP contribution in [0.2, 0.25) is 0 Å². The highest BCUT2D eigenvalue weighted by Crippen LogP contribution is 2.21. The molecule has 0 saturated carbocycles. The molecule has 0 aliphatic heterocycles. The first-order valence-electron chi connectivity index (χ1n) is 6.33. The number of rotatable bonds is 5. The number of amides is 3. The summed E-state index contributed by atoms with van der Waals surface area (Å²) in [6, 6.07) is 8.59. The second-order valence-corrected chi connectivity index (χ2v) is 4.87. The van der Waals surface area contributed by atoms with Crippen molar-refractivity contribution >= 4 is 11.9 Å². The van der Waals surface area contributed by atoms with Crippen molar-refractivity contribution in [3.05, 3.63) is 35.9 Å². The zero-order valence-corrected chi connectivity index (χ0v) is 11.5. The fraction of sp³-hybridized carbons (Fsp3) is 0.429. The smallest absolute Gasteiger partial charge is 0.318 e. The first-order chi connectivity index (χ1) is 8.91. The lowest BCUT2D eigenvalue weighted by molar-refractivity contribution is -0.121. The maximum absolute atomic E-state index is 11.7. The molecule has 0 fully saturated rings. The first kappa shape index (κ1) is 15.2. The van der Waals surface area contributed by atoms with Crippen LogP contribution in [0.25, 0.3) is 0 Å². The number of hydrogen-bond acceptors (Lipinski definition) is 3. The van der Waals surface area contributed by atoms with Crippen LogP contribution in [0, 0.1) is 5.92 Å². The normalized spacial score (nSPS) is 13.9. The van der Waals surface area contributed by atoms with Crippen molar-refractivity contribution in [2.75, 3.05) is 0 Å². The van der Waals surface area contributed by atoms with Gasteiger partial charge in [0.25, 0.3) is 0 Å². The van der Waals surface area contributed by atoms with E-state index in [9.17, 15) is 9.59 Å². The van der Waals surface area contributed by atoms with Crippen molar-refractivity contribution in [1.82, 2.24) is 10.6 Å². The first-order valence-corrected chi connectivity index (χ1v) is 6.33. The van der Waals surface area contributed by atoms with Crippen molar-refractivity contribution in [3.63, 3.8) is 0 Å². The molecule has 0 radical (unpaired) electrons. The Morgan fingerprint density at radius 2 is 1.68 bits per heavy atom. The lowest BCUT2D eigenvalue weighted by Gasteiger charge is -2.26. The largest absolute Gasteiger partial charge is 0.351 e. The van der Waals surface area contributed by atoms with E-state index in [1.165, 1.54) is 0 Å². The highest BCUT2D eigenvalue weighted by molar-refractivity contribution is 5.96. The summed E-state index contributed by atoms with van der Waals surface area (Å²) < 4.78 is 0. The molecule has 5 nitrogen and oxygen atoms in total. The number of urea groups is 1. The molecule has 0 aromatic heterocycles. The Balaban J connectivity index is 2.75. The summed E-state index contributed by atoms with van der Waals surface area (Å²) in [6.45, 7) is 5.85. The SMILES string of the molecule is CC(C)[C@H](N[C@H](C)C(=O)NC(N)=O)c1ccccc1. The fourth-order valence-corrected chi connectivity index (χ4v) is 1.91. The molecule has 0 heterocycles. The number of benzene rings is 1. The molecular formula is C14H21N3O2. The number of imide groups is 1. The lowest BCUT2D eigenvalue weighted by atomic mass is 9.95. The average molecular weight is 263 g/mol. The van der Waals surface area contributed by atoms with Crippen LogP contribution in [0.1, 0.15) is 32.4 Å². The van der Waals surface area contributed by atoms with Gasteiger partial charge in [-0.2, -0.15) is 0 Å². The van der Waals surface area contributed by atoms with Crippen LogP contribution in [0.4, 0.5) is 4.79 Å². The van der Waals surface area contributed by atoms with E-state index in [4.69, 9.17) is 5.73 Å². The highest BCUT2D eigenvalue weighted by Gasteiger charge is 2.22. The van der Waals surface area contributed by atoms with Crippen LogP contribution in [-0.4, -0.2) is 18.0 Å². The zero-order valence-electron chi connectivity index (χ0n) is 11.5. The number of carbonyl (C=O) groups excluding carboxylic acids is 2. The molecular weight excluding hydrogens is 242 g/mol. The van der Waals surface area contributed by atoms with Crippen molar-refractivity contribution < 1.29 is 9.59 Å². The Morgan fingerprint density at radius 1 is 1.11 bits per heavy atom. The highest BCUT2D eigenvalue weighted by atomic mass is 16.2. The van der Waals surface area contributed by atoms with E-state index in [1.54, 1.807) is 6.92 Å². The monoisotopic (exact) mass is 263 g/mol. The minimum Gasteiger partial charge on any atom is -0.351 e. The predicted molar refractivity (Wildman–Crippen MR) is 74.3 cm³/mol. The van der Waals surface area contributed by atoms with Crippen molar-refractivity contribution in [2.45, 2.75) is 32.9 Å². The van der Waals surface area contributed by atoms with Gasteiger partial charge < -0.3 is 5.73 Å². The number of nitrogens with two attached hydrogens (primary N) is 1. The van der Waals surface area contributed by atoms with Crippen LogP contribution >= 0.6 is 0 Å². The predicted octanol–water partition coefficient (Wildman–Crippen LogP) is 1.56. The van der Waals surface area contributed by atoms with Crippen LogP contribution in [0.5, 0.6) is 0 Å². The van der Waals surface area contributed by atoms with E-state index in [0.29, 0.717) is 5.92 Å². The van der Waals surface area contributed by atoms with E-state index >= 15 is 0 Å². The summed E-state index contributed by atoms with van der Waals surface area (Å²) in [5, 5.41) is 5.29. The third-order valence-electron chi connectivity index (χ3n) is 2.89. The molecule has 5 heteroatoms. The van der Waals surface area contributed by atoms with Gasteiger partial charge in [-0.1, -0.05) is 44.2 Å². The minimum atomic E-state index is -0.834. The number of hydrogen-bond donors (Lipinski definition) is 3. The minimum absolute atomic E-state index is 0.0369. The van der Waals surface area contributed by atoms with Gasteiger partial charge in [-0.25, -0.2) is 4.79 Å². The van der Waals surface area contributed by atoms with E-state index in [2.05, 4.69) is 24.5 Å². The summed E-state index contributed by atoms with van der Waals surface area (Å²) in [6.07, 6.45) is 0. The van der Waals surface area contributed by atoms with E-state index < -0.39 is 18.0 Å². The molecule has 0 unspecified atom stereocenters. The Bertz CT molecular complexity index is 432. The summed E-state index contributed by atoms with van der Waals surface area (Å²) in [4.78, 5) is 22.3. The summed E-state index contributed by atoms with van der Waals surface area (Å²) >= 11 is 0. The van der Waals surface area contributed by atoms with Gasteiger partial charge in [0.05, 0.1) is 6.04 Å². The van der Waals surface area contributed by atoms with Gasteiger partial charge in [0.15, 0.2) is 0 Å². The maximum atomic E-state index is 11.7. The molecule has 1 rings (SSSR count). The maximum Gasteiger partial charge on any atom is 0.318 e. The van der Waals surface area contributed by atoms with Crippen LogP contribution in [0.15, 0.2) is 30.3 Å². The third-order valence-corrected chi connectivity index (χ3v) is 2.89. The Morgan fingerprint density at radius 3 is 2.16 bits per heavy atom. The number of carbonyl (C=O) groups is 2. The van der Waals surface area contributed by atoms with E-state index in [0.717, 1.165) is 5.56 Å². The zero-order chi connectivity index (χ0) is 14.4. The summed E-state index contributed by atoms with van der Waals surface area (Å²) in [5.74, 6) is -0.111. The Kier molecular flexibility index (Phi) is 5.51. The molecule has 0 spiro atoms. The standard InChI is InChI=1S/C14H21N3O2/c1-9(2)12(11-7-5-4-6-8-11)16-10(3)13(18)17-14(15)19/h4-10,12,16H,1-3H3,(H3,15,17,18,19)/t10-,12+/m1/s1. The van der Waals surface area contributed by atoms with Crippen molar-refractivity contribution in [2.24, 2.45) is 11.7 Å². The second kappa shape index (κ2) is 6.89. The molecule has 0 bridgehead atoms. The van der Waals surface area contributed by atoms with Crippen molar-refractivity contribution in [3.8, 4) is 0 Å². The van der Waals surface area contributed by atoms with Gasteiger partial charge in [0, 0.05) is 6.04 Å². The Hall–Kier alpha value is -1.88. The van der Waals surface area contributed by atoms with Gasteiger partial charge in [0.1, 0.15) is 0 Å². The second-order valence-electron chi connectivity index (χ2n) is 4.87. The van der Waals surface area contributed by atoms with Crippen LogP contribution in [0.3, 0.4) is 0 Å². The quantitative estimate of drug-likeness (QED) is 0.753.